The number of fused-ring (bicyclic) bond motifs is 1. The number of aromatic nitrogens is 1. The smallest absolute Gasteiger partial charge is 0.349 e. The molecule has 4 aromatic rings. The molecule has 1 N–H and O–H groups in total. The molecule has 1 aromatic carbocycles. The number of nitrogens with one attached hydrogen (secondary N) is 1. The first-order chi connectivity index (χ1) is 13.0. The van der Waals surface area contributed by atoms with Crippen molar-refractivity contribution in [2.75, 3.05) is 0 Å². The van der Waals surface area contributed by atoms with Crippen LogP contribution in [-0.4, -0.2) is 10.9 Å². The molecule has 0 aliphatic rings. The zero-order valence-electron chi connectivity index (χ0n) is 14.1. The summed E-state index contributed by atoms with van der Waals surface area (Å²) < 4.78 is 11.4. The number of hydrogen-bond acceptors (Lipinski definition) is 6. The Bertz CT molecular complexity index is 1190. The number of amides is 1. The number of carbonyl (C=O) groups excluding carboxylic acids is 1. The second-order valence-electron chi connectivity index (χ2n) is 5.82. The largest absolute Gasteiger partial charge is 0.462 e. The Hall–Kier alpha value is -2.71. The lowest BCUT2D eigenvalue weighted by Crippen LogP contribution is -2.27. The van der Waals surface area contributed by atoms with Crippen molar-refractivity contribution in [3.05, 3.63) is 73.7 Å². The maximum absolute atomic E-state index is 12.5. The zero-order chi connectivity index (χ0) is 19.0. The second kappa shape index (κ2) is 7.13. The van der Waals surface area contributed by atoms with Crippen LogP contribution in [0.4, 0.5) is 0 Å². The highest BCUT2D eigenvalue weighted by molar-refractivity contribution is 9.10. The van der Waals surface area contributed by atoms with E-state index in [1.165, 1.54) is 17.4 Å². The average molecular weight is 445 g/mol. The maximum Gasteiger partial charge on any atom is 0.349 e. The molecule has 3 heterocycles. The van der Waals surface area contributed by atoms with Crippen LogP contribution < -0.4 is 10.9 Å². The summed E-state index contributed by atoms with van der Waals surface area (Å²) in [5.74, 6) is 0.194. The molecule has 0 saturated heterocycles. The lowest BCUT2D eigenvalue weighted by Gasteiger charge is -2.05. The van der Waals surface area contributed by atoms with Crippen molar-refractivity contribution < 1.29 is 13.6 Å². The molecule has 27 heavy (non-hydrogen) atoms. The molecule has 0 bridgehead atoms. The van der Waals surface area contributed by atoms with Gasteiger partial charge in [-0.2, -0.15) is 0 Å². The van der Waals surface area contributed by atoms with Crippen molar-refractivity contribution in [3.8, 4) is 10.8 Å². The van der Waals surface area contributed by atoms with Gasteiger partial charge in [-0.15, -0.1) is 11.3 Å². The highest BCUT2D eigenvalue weighted by Gasteiger charge is 2.16. The predicted molar refractivity (Wildman–Crippen MR) is 106 cm³/mol. The third-order valence-corrected chi connectivity index (χ3v) is 5.64. The first-order valence-corrected chi connectivity index (χ1v) is 9.64. The van der Waals surface area contributed by atoms with E-state index in [9.17, 15) is 9.59 Å². The number of rotatable bonds is 4. The van der Waals surface area contributed by atoms with Gasteiger partial charge in [0.2, 0.25) is 0 Å². The molecule has 8 heteroatoms. The van der Waals surface area contributed by atoms with Crippen LogP contribution in [0.25, 0.3) is 21.7 Å². The van der Waals surface area contributed by atoms with Gasteiger partial charge in [0.05, 0.1) is 18.5 Å². The first-order valence-electron chi connectivity index (χ1n) is 8.03. The number of nitrogens with zero attached hydrogens (tertiary/aromatic N) is 1. The van der Waals surface area contributed by atoms with Crippen molar-refractivity contribution in [1.29, 1.82) is 0 Å². The van der Waals surface area contributed by atoms with E-state index in [4.69, 9.17) is 8.83 Å². The van der Waals surface area contributed by atoms with E-state index in [0.29, 0.717) is 16.7 Å². The molecular formula is C19H13BrN2O4S. The highest BCUT2D eigenvalue weighted by atomic mass is 79.9. The third-order valence-electron chi connectivity index (χ3n) is 3.97. The predicted octanol–water partition coefficient (Wildman–Crippen LogP) is 4.51. The average Bonchev–Trinajstić information content (AvgIpc) is 3.29. The van der Waals surface area contributed by atoms with Crippen molar-refractivity contribution >= 4 is 44.1 Å². The normalized spacial score (nSPS) is 11.0. The highest BCUT2D eigenvalue weighted by Crippen LogP contribution is 2.28. The SMILES string of the molecule is Cc1nc(-c2ccco2)sc1CNC(=O)c1cc2cc(Br)ccc2oc1=O. The number of carbonyl (C=O) groups is 1. The first kappa shape index (κ1) is 17.7. The van der Waals surface area contributed by atoms with Gasteiger partial charge in [-0.1, -0.05) is 15.9 Å². The molecule has 0 aliphatic carbocycles. The summed E-state index contributed by atoms with van der Waals surface area (Å²) in [6, 6.07) is 10.4. The van der Waals surface area contributed by atoms with Gasteiger partial charge in [0, 0.05) is 14.7 Å². The van der Waals surface area contributed by atoms with Gasteiger partial charge in [-0.25, -0.2) is 9.78 Å². The minimum absolute atomic E-state index is 0.0333. The van der Waals surface area contributed by atoms with E-state index in [0.717, 1.165) is 20.1 Å². The number of aryl methyl sites for hydroxylation is 1. The molecule has 0 radical (unpaired) electrons. The number of furan rings is 1. The van der Waals surface area contributed by atoms with E-state index in [-0.39, 0.29) is 12.1 Å². The van der Waals surface area contributed by atoms with E-state index >= 15 is 0 Å². The van der Waals surface area contributed by atoms with Crippen LogP contribution in [0.1, 0.15) is 20.9 Å². The van der Waals surface area contributed by atoms with Gasteiger partial charge in [-0.3, -0.25) is 4.79 Å². The summed E-state index contributed by atoms with van der Waals surface area (Å²) in [7, 11) is 0. The monoisotopic (exact) mass is 444 g/mol. The van der Waals surface area contributed by atoms with Crippen LogP contribution >= 0.6 is 27.3 Å². The summed E-state index contributed by atoms with van der Waals surface area (Å²) in [6.07, 6.45) is 1.59. The molecule has 0 unspecified atom stereocenters. The van der Waals surface area contributed by atoms with Crippen molar-refractivity contribution in [2.45, 2.75) is 13.5 Å². The molecule has 4 rings (SSSR count). The van der Waals surface area contributed by atoms with Crippen LogP contribution in [0.3, 0.4) is 0 Å². The van der Waals surface area contributed by atoms with Crippen LogP contribution in [-0.2, 0) is 6.54 Å². The zero-order valence-corrected chi connectivity index (χ0v) is 16.5. The van der Waals surface area contributed by atoms with E-state index in [2.05, 4.69) is 26.2 Å². The van der Waals surface area contributed by atoms with Crippen molar-refractivity contribution in [1.82, 2.24) is 10.3 Å². The fraction of sp³-hybridized carbons (Fsp3) is 0.105. The Kier molecular flexibility index (Phi) is 4.67. The minimum atomic E-state index is -0.667. The number of hydrogen-bond donors (Lipinski definition) is 1. The third kappa shape index (κ3) is 3.58. The van der Waals surface area contributed by atoms with Crippen LogP contribution in [0.5, 0.6) is 0 Å². The molecule has 136 valence electrons. The summed E-state index contributed by atoms with van der Waals surface area (Å²) in [4.78, 5) is 30.0. The van der Waals surface area contributed by atoms with E-state index in [1.54, 1.807) is 30.5 Å². The summed E-state index contributed by atoms with van der Waals surface area (Å²) in [5.41, 5.74) is 0.538. The lowest BCUT2D eigenvalue weighted by molar-refractivity contribution is 0.0947. The standard InChI is InChI=1S/C19H13BrN2O4S/c1-10-16(27-18(22-10)15-3-2-6-25-15)9-21-17(23)13-8-11-7-12(20)4-5-14(11)26-19(13)24/h2-8H,9H2,1H3,(H,21,23). The number of halogens is 1. The topological polar surface area (TPSA) is 85.3 Å². The lowest BCUT2D eigenvalue weighted by atomic mass is 10.2. The van der Waals surface area contributed by atoms with Crippen LogP contribution in [0.15, 0.2) is 60.8 Å². The molecule has 0 saturated carbocycles. The van der Waals surface area contributed by atoms with Crippen molar-refractivity contribution in [3.63, 3.8) is 0 Å². The second-order valence-corrected chi connectivity index (χ2v) is 7.82. The van der Waals surface area contributed by atoms with E-state index in [1.807, 2.05) is 13.0 Å². The van der Waals surface area contributed by atoms with Gasteiger partial charge in [0.25, 0.3) is 5.91 Å². The Balaban J connectivity index is 1.55. The minimum Gasteiger partial charge on any atom is -0.462 e. The Morgan fingerprint density at radius 2 is 2.15 bits per heavy atom. The molecule has 0 aliphatic heterocycles. The van der Waals surface area contributed by atoms with Gasteiger partial charge in [-0.05, 0) is 43.3 Å². The molecular weight excluding hydrogens is 432 g/mol. The van der Waals surface area contributed by atoms with Crippen molar-refractivity contribution in [2.24, 2.45) is 0 Å². The molecule has 0 atom stereocenters. The molecule has 3 aromatic heterocycles. The quantitative estimate of drug-likeness (QED) is 0.468. The Morgan fingerprint density at radius 1 is 1.30 bits per heavy atom. The van der Waals surface area contributed by atoms with Gasteiger partial charge < -0.3 is 14.2 Å². The molecule has 6 nitrogen and oxygen atoms in total. The molecule has 1 amide bonds. The van der Waals surface area contributed by atoms with Gasteiger partial charge in [0.1, 0.15) is 11.1 Å². The Morgan fingerprint density at radius 3 is 2.93 bits per heavy atom. The molecule has 0 spiro atoms. The fourth-order valence-electron chi connectivity index (χ4n) is 2.61. The van der Waals surface area contributed by atoms with E-state index < -0.39 is 11.5 Å². The fourth-order valence-corrected chi connectivity index (χ4v) is 3.96. The number of thiazole rings is 1. The van der Waals surface area contributed by atoms with Gasteiger partial charge >= 0.3 is 5.63 Å². The molecule has 0 fully saturated rings. The summed E-state index contributed by atoms with van der Waals surface area (Å²) >= 11 is 4.80. The summed E-state index contributed by atoms with van der Waals surface area (Å²) in [6.45, 7) is 2.13. The van der Waals surface area contributed by atoms with Crippen LogP contribution in [0, 0.1) is 6.92 Å². The Labute approximate surface area is 166 Å². The number of benzene rings is 1. The van der Waals surface area contributed by atoms with Gasteiger partial charge in [0.15, 0.2) is 10.8 Å². The van der Waals surface area contributed by atoms with Crippen LogP contribution in [0.2, 0.25) is 0 Å². The maximum atomic E-state index is 12.5. The summed E-state index contributed by atoms with van der Waals surface area (Å²) in [5, 5.41) is 4.18.